The summed E-state index contributed by atoms with van der Waals surface area (Å²) in [5, 5.41) is 10.9. The van der Waals surface area contributed by atoms with E-state index >= 15 is 0 Å². The predicted molar refractivity (Wildman–Crippen MR) is 104 cm³/mol. The second kappa shape index (κ2) is 7.37. The summed E-state index contributed by atoms with van der Waals surface area (Å²) in [5.74, 6) is -0.558. The molecule has 1 saturated heterocycles. The Balaban J connectivity index is 1.63. The average Bonchev–Trinajstić information content (AvgIpc) is 3.12. The van der Waals surface area contributed by atoms with Gasteiger partial charge in [0.15, 0.2) is 0 Å². The van der Waals surface area contributed by atoms with Crippen LogP contribution in [0.2, 0.25) is 0 Å². The predicted octanol–water partition coefficient (Wildman–Crippen LogP) is 3.54. The quantitative estimate of drug-likeness (QED) is 0.752. The van der Waals surface area contributed by atoms with Crippen LogP contribution in [0.25, 0.3) is 10.9 Å². The lowest BCUT2D eigenvalue weighted by Crippen LogP contribution is -2.23. The minimum absolute atomic E-state index is 0.0958. The number of aliphatic carboxylic acids is 1. The van der Waals surface area contributed by atoms with Crippen LogP contribution in [0.3, 0.4) is 0 Å². The van der Waals surface area contributed by atoms with Crippen molar-refractivity contribution < 1.29 is 14.6 Å². The molecule has 5 nitrogen and oxygen atoms in total. The van der Waals surface area contributed by atoms with Crippen LogP contribution in [0.1, 0.15) is 17.0 Å². The van der Waals surface area contributed by atoms with Gasteiger partial charge in [-0.2, -0.15) is 0 Å². The number of nitrogens with zero attached hydrogens (tertiary/aromatic N) is 2. The van der Waals surface area contributed by atoms with Gasteiger partial charge >= 0.3 is 5.97 Å². The molecule has 4 rings (SSSR count). The molecule has 1 fully saturated rings. The lowest BCUT2D eigenvalue weighted by molar-refractivity contribution is -0.141. The molecule has 5 heteroatoms. The molecule has 1 aromatic heterocycles. The van der Waals surface area contributed by atoms with Crippen LogP contribution in [-0.4, -0.2) is 41.2 Å². The number of hydrogen-bond acceptors (Lipinski definition) is 4. The molecule has 0 aliphatic carbocycles. The first-order valence-corrected chi connectivity index (χ1v) is 9.08. The van der Waals surface area contributed by atoms with Gasteiger partial charge in [-0.1, -0.05) is 42.5 Å². The number of aromatic nitrogens is 1. The Bertz CT molecular complexity index is 967. The fraction of sp³-hybridized carbons (Fsp3) is 0.273. The zero-order valence-corrected chi connectivity index (χ0v) is 15.2. The Hall–Kier alpha value is -2.92. The lowest BCUT2D eigenvalue weighted by Gasteiger charge is -2.19. The van der Waals surface area contributed by atoms with Gasteiger partial charge in [-0.25, -0.2) is 0 Å². The summed E-state index contributed by atoms with van der Waals surface area (Å²) in [6.07, 6.45) is 1.80. The molecule has 1 aliphatic heterocycles. The Morgan fingerprint density at radius 3 is 2.78 bits per heavy atom. The molecule has 2 aromatic carbocycles. The van der Waals surface area contributed by atoms with Crippen molar-refractivity contribution in [2.75, 3.05) is 20.2 Å². The van der Waals surface area contributed by atoms with Crippen LogP contribution in [-0.2, 0) is 11.3 Å². The van der Waals surface area contributed by atoms with E-state index in [1.807, 2.05) is 48.5 Å². The summed E-state index contributed by atoms with van der Waals surface area (Å²) >= 11 is 0. The smallest absolute Gasteiger partial charge is 0.308 e. The van der Waals surface area contributed by atoms with Gasteiger partial charge in [-0.15, -0.1) is 0 Å². The van der Waals surface area contributed by atoms with Crippen LogP contribution in [0.5, 0.6) is 5.75 Å². The maximum absolute atomic E-state index is 11.9. The minimum Gasteiger partial charge on any atom is -0.496 e. The zero-order chi connectivity index (χ0) is 18.8. The molecule has 0 bridgehead atoms. The van der Waals surface area contributed by atoms with E-state index in [2.05, 4.69) is 16.0 Å². The van der Waals surface area contributed by atoms with Crippen molar-refractivity contribution in [2.45, 2.75) is 12.5 Å². The van der Waals surface area contributed by atoms with Gasteiger partial charge in [0.1, 0.15) is 5.75 Å². The third-order valence-corrected chi connectivity index (χ3v) is 5.36. The first-order valence-electron chi connectivity index (χ1n) is 9.08. The van der Waals surface area contributed by atoms with Crippen molar-refractivity contribution in [3.05, 3.63) is 71.9 Å². The highest BCUT2D eigenvalue weighted by Crippen LogP contribution is 2.38. The van der Waals surface area contributed by atoms with Crippen LogP contribution < -0.4 is 4.74 Å². The third kappa shape index (κ3) is 3.38. The SMILES string of the molecule is COc1ccccc1[C@H]1CN(Cc2cccc3cccnc23)C[C@@H]1C(=O)O. The van der Waals surface area contributed by atoms with Crippen molar-refractivity contribution in [2.24, 2.45) is 5.92 Å². The summed E-state index contributed by atoms with van der Waals surface area (Å²) in [6, 6.07) is 17.8. The van der Waals surface area contributed by atoms with E-state index in [9.17, 15) is 9.90 Å². The molecule has 2 atom stereocenters. The molecule has 0 saturated carbocycles. The molecular weight excluding hydrogens is 340 g/mol. The average molecular weight is 362 g/mol. The van der Waals surface area contributed by atoms with E-state index in [0.717, 1.165) is 27.8 Å². The van der Waals surface area contributed by atoms with E-state index in [4.69, 9.17) is 4.74 Å². The van der Waals surface area contributed by atoms with Gasteiger partial charge in [0, 0.05) is 37.1 Å². The largest absolute Gasteiger partial charge is 0.496 e. The van der Waals surface area contributed by atoms with Crippen molar-refractivity contribution in [1.82, 2.24) is 9.88 Å². The van der Waals surface area contributed by atoms with Crippen molar-refractivity contribution in [1.29, 1.82) is 0 Å². The van der Waals surface area contributed by atoms with E-state index < -0.39 is 11.9 Å². The molecule has 0 radical (unpaired) electrons. The second-order valence-corrected chi connectivity index (χ2v) is 6.98. The highest BCUT2D eigenvalue weighted by molar-refractivity contribution is 5.81. The number of carboxylic acids is 1. The molecule has 0 spiro atoms. The summed E-state index contributed by atoms with van der Waals surface area (Å²) < 4.78 is 5.48. The summed E-state index contributed by atoms with van der Waals surface area (Å²) in [7, 11) is 1.63. The summed E-state index contributed by atoms with van der Waals surface area (Å²) in [6.45, 7) is 1.88. The minimum atomic E-state index is -0.760. The first kappa shape index (κ1) is 17.5. The summed E-state index contributed by atoms with van der Waals surface area (Å²) in [4.78, 5) is 18.6. The van der Waals surface area contributed by atoms with E-state index in [-0.39, 0.29) is 5.92 Å². The number of carbonyl (C=O) groups is 1. The molecule has 1 aliphatic rings. The Morgan fingerprint density at radius 2 is 1.96 bits per heavy atom. The lowest BCUT2D eigenvalue weighted by atomic mass is 9.88. The highest BCUT2D eigenvalue weighted by atomic mass is 16.5. The van der Waals surface area contributed by atoms with Crippen LogP contribution in [0.4, 0.5) is 0 Å². The number of carboxylic acid groups (broad SMARTS) is 1. The molecule has 138 valence electrons. The van der Waals surface area contributed by atoms with E-state index in [0.29, 0.717) is 19.6 Å². The van der Waals surface area contributed by atoms with Crippen molar-refractivity contribution in [3.8, 4) is 5.75 Å². The van der Waals surface area contributed by atoms with Crippen molar-refractivity contribution >= 4 is 16.9 Å². The first-order chi connectivity index (χ1) is 13.2. The second-order valence-electron chi connectivity index (χ2n) is 6.98. The van der Waals surface area contributed by atoms with Gasteiger partial charge in [0.25, 0.3) is 0 Å². The number of para-hydroxylation sites is 2. The number of benzene rings is 2. The molecule has 1 N–H and O–H groups in total. The number of pyridine rings is 1. The van der Waals surface area contributed by atoms with Gasteiger partial charge in [0.2, 0.25) is 0 Å². The Labute approximate surface area is 158 Å². The number of hydrogen-bond donors (Lipinski definition) is 1. The number of ether oxygens (including phenoxy) is 1. The molecule has 3 aromatic rings. The fourth-order valence-electron chi connectivity index (χ4n) is 4.09. The molecule has 27 heavy (non-hydrogen) atoms. The van der Waals surface area contributed by atoms with E-state index in [1.165, 1.54) is 0 Å². The fourth-order valence-corrected chi connectivity index (χ4v) is 4.09. The maximum atomic E-state index is 11.9. The van der Waals surface area contributed by atoms with Gasteiger partial charge in [-0.3, -0.25) is 14.7 Å². The van der Waals surface area contributed by atoms with Crippen molar-refractivity contribution in [3.63, 3.8) is 0 Å². The standard InChI is InChI=1S/C22H22N2O3/c1-27-20-10-3-2-9-17(20)18-13-24(14-19(18)22(25)26)12-16-7-4-6-15-8-5-11-23-21(15)16/h2-11,18-19H,12-14H2,1H3,(H,25,26)/t18-,19+/m1/s1. The molecular formula is C22H22N2O3. The van der Waals surface area contributed by atoms with Crippen LogP contribution in [0, 0.1) is 5.92 Å². The summed E-state index contributed by atoms with van der Waals surface area (Å²) in [5.41, 5.74) is 3.07. The Kier molecular flexibility index (Phi) is 4.77. The van der Waals surface area contributed by atoms with Gasteiger partial charge in [0.05, 0.1) is 18.5 Å². The number of methoxy groups -OCH3 is 1. The van der Waals surface area contributed by atoms with Gasteiger partial charge < -0.3 is 9.84 Å². The monoisotopic (exact) mass is 362 g/mol. The topological polar surface area (TPSA) is 62.7 Å². The van der Waals surface area contributed by atoms with Crippen LogP contribution in [0.15, 0.2) is 60.8 Å². The number of likely N-dealkylation sites (tertiary alicyclic amines) is 1. The molecule has 2 heterocycles. The third-order valence-electron chi connectivity index (χ3n) is 5.36. The number of fused-ring (bicyclic) bond motifs is 1. The zero-order valence-electron chi connectivity index (χ0n) is 15.2. The molecule has 0 unspecified atom stereocenters. The maximum Gasteiger partial charge on any atom is 0.308 e. The molecule has 0 amide bonds. The normalized spacial score (nSPS) is 20.0. The highest BCUT2D eigenvalue weighted by Gasteiger charge is 2.39. The number of rotatable bonds is 5. The van der Waals surface area contributed by atoms with Gasteiger partial charge in [-0.05, 0) is 23.3 Å². The van der Waals surface area contributed by atoms with Crippen LogP contribution >= 0.6 is 0 Å². The van der Waals surface area contributed by atoms with E-state index in [1.54, 1.807) is 13.3 Å². The Morgan fingerprint density at radius 1 is 1.15 bits per heavy atom.